The van der Waals surface area contributed by atoms with Crippen LogP contribution in [-0.4, -0.2) is 44.3 Å². The normalized spacial score (nSPS) is 15.0. The SMILES string of the molecule is COc1cccc(C(=O)N(Cc2cccs2)C2CCOCC2)c1OC. The van der Waals surface area contributed by atoms with Crippen LogP contribution in [0.4, 0.5) is 0 Å². The highest BCUT2D eigenvalue weighted by Crippen LogP contribution is 2.33. The van der Waals surface area contributed by atoms with Crippen LogP contribution in [0.3, 0.4) is 0 Å². The summed E-state index contributed by atoms with van der Waals surface area (Å²) in [7, 11) is 3.14. The van der Waals surface area contributed by atoms with Gasteiger partial charge in [-0.15, -0.1) is 11.3 Å². The summed E-state index contributed by atoms with van der Waals surface area (Å²) in [5, 5.41) is 2.04. The molecule has 2 heterocycles. The number of para-hydroxylation sites is 1. The van der Waals surface area contributed by atoms with Gasteiger partial charge in [-0.25, -0.2) is 0 Å². The molecule has 6 heteroatoms. The minimum atomic E-state index is -0.0314. The van der Waals surface area contributed by atoms with Crippen LogP contribution in [0.15, 0.2) is 35.7 Å². The first kappa shape index (κ1) is 17.8. The van der Waals surface area contributed by atoms with Crippen molar-refractivity contribution in [1.29, 1.82) is 0 Å². The van der Waals surface area contributed by atoms with Crippen molar-refractivity contribution in [2.45, 2.75) is 25.4 Å². The Morgan fingerprint density at radius 3 is 2.64 bits per heavy atom. The Kier molecular flexibility index (Phi) is 5.94. The predicted molar refractivity (Wildman–Crippen MR) is 97.6 cm³/mol. The first-order valence-corrected chi connectivity index (χ1v) is 9.24. The van der Waals surface area contributed by atoms with E-state index in [0.717, 1.165) is 12.8 Å². The Hall–Kier alpha value is -2.05. The lowest BCUT2D eigenvalue weighted by Gasteiger charge is -2.34. The molecule has 0 radical (unpaired) electrons. The maximum atomic E-state index is 13.4. The quantitative estimate of drug-likeness (QED) is 0.789. The summed E-state index contributed by atoms with van der Waals surface area (Å²) in [5.41, 5.74) is 0.532. The molecule has 134 valence electrons. The summed E-state index contributed by atoms with van der Waals surface area (Å²) in [6.45, 7) is 1.98. The van der Waals surface area contributed by atoms with Gasteiger partial charge in [-0.3, -0.25) is 4.79 Å². The molecule has 0 saturated carbocycles. The van der Waals surface area contributed by atoms with E-state index in [2.05, 4.69) is 6.07 Å². The van der Waals surface area contributed by atoms with Crippen LogP contribution in [-0.2, 0) is 11.3 Å². The fraction of sp³-hybridized carbons (Fsp3) is 0.421. The number of ether oxygens (including phenoxy) is 3. The average Bonchev–Trinajstić information content (AvgIpc) is 3.18. The molecule has 0 atom stereocenters. The summed E-state index contributed by atoms with van der Waals surface area (Å²) in [5.74, 6) is 1.02. The second-order valence-electron chi connectivity index (χ2n) is 5.90. The van der Waals surface area contributed by atoms with Crippen molar-refractivity contribution in [2.75, 3.05) is 27.4 Å². The minimum absolute atomic E-state index is 0.0314. The van der Waals surface area contributed by atoms with Crippen molar-refractivity contribution in [3.05, 3.63) is 46.2 Å². The zero-order chi connectivity index (χ0) is 17.6. The van der Waals surface area contributed by atoms with Crippen LogP contribution >= 0.6 is 11.3 Å². The third kappa shape index (κ3) is 3.96. The summed E-state index contributed by atoms with van der Waals surface area (Å²) in [4.78, 5) is 16.5. The Bertz CT molecular complexity index is 695. The van der Waals surface area contributed by atoms with Crippen molar-refractivity contribution in [2.24, 2.45) is 0 Å². The van der Waals surface area contributed by atoms with Crippen LogP contribution in [0.5, 0.6) is 11.5 Å². The highest BCUT2D eigenvalue weighted by molar-refractivity contribution is 7.09. The van der Waals surface area contributed by atoms with E-state index < -0.39 is 0 Å². The fourth-order valence-electron chi connectivity index (χ4n) is 3.14. The van der Waals surface area contributed by atoms with Gasteiger partial charge in [-0.1, -0.05) is 12.1 Å². The average molecular weight is 361 g/mol. The first-order chi connectivity index (χ1) is 12.2. The van der Waals surface area contributed by atoms with Gasteiger partial charge in [0.25, 0.3) is 5.91 Å². The maximum Gasteiger partial charge on any atom is 0.258 e. The number of carbonyl (C=O) groups excluding carboxylic acids is 1. The molecule has 25 heavy (non-hydrogen) atoms. The molecular formula is C19H23NO4S. The lowest BCUT2D eigenvalue weighted by atomic mass is 10.0. The van der Waals surface area contributed by atoms with Gasteiger partial charge in [0.05, 0.1) is 26.3 Å². The third-order valence-corrected chi connectivity index (χ3v) is 5.29. The summed E-state index contributed by atoms with van der Waals surface area (Å²) in [6.07, 6.45) is 1.70. The van der Waals surface area contributed by atoms with E-state index in [1.54, 1.807) is 37.7 Å². The lowest BCUT2D eigenvalue weighted by molar-refractivity contribution is 0.0268. The molecule has 2 aromatic rings. The van der Waals surface area contributed by atoms with Crippen molar-refractivity contribution < 1.29 is 19.0 Å². The highest BCUT2D eigenvalue weighted by atomic mass is 32.1. The topological polar surface area (TPSA) is 48.0 Å². The van der Waals surface area contributed by atoms with E-state index >= 15 is 0 Å². The fourth-order valence-corrected chi connectivity index (χ4v) is 3.85. The van der Waals surface area contributed by atoms with Crippen molar-refractivity contribution in [3.63, 3.8) is 0 Å². The number of nitrogens with zero attached hydrogens (tertiary/aromatic N) is 1. The first-order valence-electron chi connectivity index (χ1n) is 8.36. The number of rotatable bonds is 6. The number of thiophene rings is 1. The second-order valence-corrected chi connectivity index (χ2v) is 6.93. The minimum Gasteiger partial charge on any atom is -0.493 e. The monoisotopic (exact) mass is 361 g/mol. The van der Waals surface area contributed by atoms with Crippen LogP contribution in [0.1, 0.15) is 28.1 Å². The van der Waals surface area contributed by atoms with E-state index in [9.17, 15) is 4.79 Å². The van der Waals surface area contributed by atoms with Gasteiger partial charge in [0.2, 0.25) is 0 Å². The van der Waals surface area contributed by atoms with Gasteiger partial charge in [-0.2, -0.15) is 0 Å². The largest absolute Gasteiger partial charge is 0.493 e. The molecule has 1 fully saturated rings. The molecule has 0 bridgehead atoms. The van der Waals surface area contributed by atoms with Crippen molar-refractivity contribution >= 4 is 17.2 Å². The van der Waals surface area contributed by atoms with Gasteiger partial charge >= 0.3 is 0 Å². The van der Waals surface area contributed by atoms with Crippen LogP contribution in [0.2, 0.25) is 0 Å². The van der Waals surface area contributed by atoms with Crippen LogP contribution in [0, 0.1) is 0 Å². The number of hydrogen-bond donors (Lipinski definition) is 0. The molecule has 1 saturated heterocycles. The second kappa shape index (κ2) is 8.36. The van der Waals surface area contributed by atoms with E-state index in [0.29, 0.717) is 36.8 Å². The number of hydrogen-bond acceptors (Lipinski definition) is 5. The smallest absolute Gasteiger partial charge is 0.258 e. The Morgan fingerprint density at radius 2 is 2.00 bits per heavy atom. The van der Waals surface area contributed by atoms with Gasteiger partial charge in [0, 0.05) is 24.1 Å². The molecule has 1 aliphatic rings. The molecule has 1 aliphatic heterocycles. The maximum absolute atomic E-state index is 13.4. The lowest BCUT2D eigenvalue weighted by Crippen LogP contribution is -2.43. The summed E-state index contributed by atoms with van der Waals surface area (Å²) in [6, 6.07) is 9.66. The molecule has 0 unspecified atom stereocenters. The van der Waals surface area contributed by atoms with E-state index in [4.69, 9.17) is 14.2 Å². The number of amides is 1. The standard InChI is InChI=1S/C19H23NO4S/c1-22-17-7-3-6-16(18(17)23-2)19(21)20(13-15-5-4-12-25-15)14-8-10-24-11-9-14/h3-7,12,14H,8-11,13H2,1-2H3. The van der Waals surface area contributed by atoms with Crippen LogP contribution in [0.25, 0.3) is 0 Å². The number of carbonyl (C=O) groups is 1. The molecule has 5 nitrogen and oxygen atoms in total. The van der Waals surface area contributed by atoms with Gasteiger partial charge in [0.15, 0.2) is 11.5 Å². The highest BCUT2D eigenvalue weighted by Gasteiger charge is 2.29. The van der Waals surface area contributed by atoms with E-state index in [-0.39, 0.29) is 11.9 Å². The van der Waals surface area contributed by atoms with Crippen LogP contribution < -0.4 is 9.47 Å². The van der Waals surface area contributed by atoms with Gasteiger partial charge in [0.1, 0.15) is 0 Å². The summed E-state index contributed by atoms with van der Waals surface area (Å²) < 4.78 is 16.3. The molecule has 1 aromatic heterocycles. The van der Waals surface area contributed by atoms with Gasteiger partial charge in [-0.05, 0) is 36.4 Å². The molecular weight excluding hydrogens is 338 g/mol. The van der Waals surface area contributed by atoms with E-state index in [1.807, 2.05) is 22.4 Å². The molecule has 0 aliphatic carbocycles. The molecule has 1 aromatic carbocycles. The molecule has 3 rings (SSSR count). The molecule has 0 spiro atoms. The zero-order valence-corrected chi connectivity index (χ0v) is 15.4. The Morgan fingerprint density at radius 1 is 1.20 bits per heavy atom. The van der Waals surface area contributed by atoms with Crippen molar-refractivity contribution in [1.82, 2.24) is 4.90 Å². The van der Waals surface area contributed by atoms with E-state index in [1.165, 1.54) is 4.88 Å². The predicted octanol–water partition coefficient (Wildman–Crippen LogP) is 3.59. The number of benzene rings is 1. The third-order valence-electron chi connectivity index (χ3n) is 4.43. The number of methoxy groups -OCH3 is 2. The zero-order valence-electron chi connectivity index (χ0n) is 14.6. The Labute approximate surface area is 152 Å². The molecule has 0 N–H and O–H groups in total. The molecule has 1 amide bonds. The summed E-state index contributed by atoms with van der Waals surface area (Å²) >= 11 is 1.66. The Balaban J connectivity index is 1.93. The van der Waals surface area contributed by atoms with Gasteiger partial charge < -0.3 is 19.1 Å². The van der Waals surface area contributed by atoms with Crippen molar-refractivity contribution in [3.8, 4) is 11.5 Å².